The monoisotopic (exact) mass is 359 g/mol. The second-order valence-corrected chi connectivity index (χ2v) is 7.04. The van der Waals surface area contributed by atoms with Crippen molar-refractivity contribution >= 4 is 16.9 Å². The average molecular weight is 359 g/mol. The van der Waals surface area contributed by atoms with Crippen LogP contribution in [0.25, 0.3) is 4.91 Å². The fourth-order valence-electron chi connectivity index (χ4n) is 2.61. The maximum absolute atomic E-state index is 14.3. The van der Waals surface area contributed by atoms with Gasteiger partial charge in [-0.05, 0) is 55.6 Å². The molecule has 1 atom stereocenters. The number of hydrogen-bond donors (Lipinski definition) is 1. The standard InChI is InChI=1S/C20H19F2NOS/c1-13-8-9-20(15-6-4-3-5-7-15)25-23(13)12-16-10-19(22)17(14(2)24)11-18(16)21/h3-11,14,24H,12H2,1-2H3. The normalized spacial score (nSPS) is 15.6. The van der Waals surface area contributed by atoms with Gasteiger partial charge in [0.25, 0.3) is 0 Å². The van der Waals surface area contributed by atoms with Crippen LogP contribution >= 0.6 is 11.9 Å². The third kappa shape index (κ3) is 3.94. The summed E-state index contributed by atoms with van der Waals surface area (Å²) in [6, 6.07) is 12.2. The van der Waals surface area contributed by atoms with Gasteiger partial charge < -0.3 is 9.41 Å². The van der Waals surface area contributed by atoms with Crippen molar-refractivity contribution in [2.45, 2.75) is 26.5 Å². The largest absolute Gasteiger partial charge is 0.389 e. The summed E-state index contributed by atoms with van der Waals surface area (Å²) in [5.74, 6) is -1.10. The first-order valence-electron chi connectivity index (χ1n) is 8.01. The molecule has 0 saturated carbocycles. The summed E-state index contributed by atoms with van der Waals surface area (Å²) in [5.41, 5.74) is 2.28. The van der Waals surface area contributed by atoms with Crippen molar-refractivity contribution in [3.63, 3.8) is 0 Å². The highest BCUT2D eigenvalue weighted by atomic mass is 32.2. The van der Waals surface area contributed by atoms with E-state index in [1.807, 2.05) is 53.7 Å². The zero-order chi connectivity index (χ0) is 18.0. The first kappa shape index (κ1) is 17.7. The molecule has 1 unspecified atom stereocenters. The van der Waals surface area contributed by atoms with E-state index in [0.29, 0.717) is 0 Å². The topological polar surface area (TPSA) is 23.5 Å². The van der Waals surface area contributed by atoms with Crippen LogP contribution in [0.3, 0.4) is 0 Å². The molecule has 0 amide bonds. The van der Waals surface area contributed by atoms with E-state index >= 15 is 0 Å². The Morgan fingerprint density at radius 3 is 2.48 bits per heavy atom. The molecule has 0 fully saturated rings. The van der Waals surface area contributed by atoms with Gasteiger partial charge in [0.15, 0.2) is 0 Å². The lowest BCUT2D eigenvalue weighted by Crippen LogP contribution is -2.16. The number of hydrogen-bond acceptors (Lipinski definition) is 3. The van der Waals surface area contributed by atoms with Gasteiger partial charge in [0.2, 0.25) is 0 Å². The Morgan fingerprint density at radius 2 is 1.80 bits per heavy atom. The van der Waals surface area contributed by atoms with Gasteiger partial charge >= 0.3 is 0 Å². The van der Waals surface area contributed by atoms with Gasteiger partial charge in [-0.3, -0.25) is 0 Å². The Kier molecular flexibility index (Phi) is 5.25. The quantitative estimate of drug-likeness (QED) is 0.737. The molecule has 2 aromatic carbocycles. The van der Waals surface area contributed by atoms with Crippen molar-refractivity contribution in [1.29, 1.82) is 0 Å². The van der Waals surface area contributed by atoms with Crippen LogP contribution in [0.2, 0.25) is 0 Å². The number of halogens is 2. The lowest BCUT2D eigenvalue weighted by Gasteiger charge is -2.28. The first-order valence-corrected chi connectivity index (χ1v) is 8.78. The van der Waals surface area contributed by atoms with Crippen molar-refractivity contribution in [2.24, 2.45) is 0 Å². The summed E-state index contributed by atoms with van der Waals surface area (Å²) in [6.07, 6.45) is 2.96. The SMILES string of the molecule is CC1=CC=C(c2ccccc2)SN1Cc1cc(F)c(C(C)O)cc1F. The van der Waals surface area contributed by atoms with Crippen LogP contribution in [0.1, 0.15) is 36.6 Å². The van der Waals surface area contributed by atoms with Gasteiger partial charge in [-0.2, -0.15) is 0 Å². The van der Waals surface area contributed by atoms with Crippen molar-refractivity contribution in [3.05, 3.63) is 88.6 Å². The highest BCUT2D eigenvalue weighted by Gasteiger charge is 2.19. The molecule has 2 aromatic rings. The molecule has 1 aliphatic rings. The van der Waals surface area contributed by atoms with Crippen molar-refractivity contribution in [3.8, 4) is 0 Å². The van der Waals surface area contributed by atoms with E-state index < -0.39 is 17.7 Å². The fraction of sp³-hybridized carbons (Fsp3) is 0.200. The minimum Gasteiger partial charge on any atom is -0.389 e. The van der Waals surface area contributed by atoms with Crippen molar-refractivity contribution in [2.75, 3.05) is 0 Å². The highest BCUT2D eigenvalue weighted by molar-refractivity contribution is 8.06. The number of aliphatic hydroxyl groups excluding tert-OH is 1. The third-order valence-corrected chi connectivity index (χ3v) is 5.27. The smallest absolute Gasteiger partial charge is 0.129 e. The molecule has 0 radical (unpaired) electrons. The Balaban J connectivity index is 1.83. The lowest BCUT2D eigenvalue weighted by molar-refractivity contribution is 0.193. The van der Waals surface area contributed by atoms with E-state index in [4.69, 9.17) is 0 Å². The maximum atomic E-state index is 14.3. The van der Waals surface area contributed by atoms with Crippen LogP contribution in [0.5, 0.6) is 0 Å². The summed E-state index contributed by atoms with van der Waals surface area (Å²) < 4.78 is 30.4. The molecule has 130 valence electrons. The van der Waals surface area contributed by atoms with E-state index in [1.165, 1.54) is 24.9 Å². The Labute approximate surface area is 150 Å². The van der Waals surface area contributed by atoms with Gasteiger partial charge in [0, 0.05) is 21.7 Å². The molecular formula is C20H19F2NOS. The maximum Gasteiger partial charge on any atom is 0.129 e. The lowest BCUT2D eigenvalue weighted by atomic mass is 10.1. The number of rotatable bonds is 4. The summed E-state index contributed by atoms with van der Waals surface area (Å²) >= 11 is 1.50. The Hall–Kier alpha value is -2.11. The Morgan fingerprint density at radius 1 is 1.08 bits per heavy atom. The van der Waals surface area contributed by atoms with Gasteiger partial charge in [0.05, 0.1) is 12.6 Å². The van der Waals surface area contributed by atoms with Crippen LogP contribution in [0.15, 0.2) is 60.3 Å². The predicted molar refractivity (Wildman–Crippen MR) is 98.3 cm³/mol. The number of allylic oxidation sites excluding steroid dienone is 3. The van der Waals surface area contributed by atoms with Crippen LogP contribution in [0, 0.1) is 11.6 Å². The van der Waals surface area contributed by atoms with E-state index in [1.54, 1.807) is 0 Å². The number of aliphatic hydroxyl groups is 1. The molecule has 0 saturated heterocycles. The molecule has 5 heteroatoms. The molecule has 1 aliphatic heterocycles. The molecule has 0 bridgehead atoms. The van der Waals surface area contributed by atoms with Crippen LogP contribution in [0.4, 0.5) is 8.78 Å². The molecule has 1 N–H and O–H groups in total. The summed E-state index contributed by atoms with van der Waals surface area (Å²) in [6.45, 7) is 3.59. The van der Waals surface area contributed by atoms with E-state index in [0.717, 1.165) is 22.2 Å². The zero-order valence-electron chi connectivity index (χ0n) is 14.0. The van der Waals surface area contributed by atoms with Gasteiger partial charge in [0.1, 0.15) is 11.6 Å². The molecule has 0 aliphatic carbocycles. The third-order valence-electron chi connectivity index (χ3n) is 4.07. The van der Waals surface area contributed by atoms with Crippen molar-refractivity contribution in [1.82, 2.24) is 4.31 Å². The van der Waals surface area contributed by atoms with Gasteiger partial charge in [-0.15, -0.1) is 0 Å². The molecule has 0 spiro atoms. The van der Waals surface area contributed by atoms with Crippen LogP contribution < -0.4 is 0 Å². The first-order chi connectivity index (χ1) is 12.0. The molecule has 25 heavy (non-hydrogen) atoms. The van der Waals surface area contributed by atoms with Crippen molar-refractivity contribution < 1.29 is 13.9 Å². The highest BCUT2D eigenvalue weighted by Crippen LogP contribution is 2.38. The fourth-order valence-corrected chi connectivity index (χ4v) is 3.62. The summed E-state index contributed by atoms with van der Waals surface area (Å²) in [4.78, 5) is 1.05. The molecular weight excluding hydrogens is 340 g/mol. The molecule has 3 rings (SSSR count). The molecule has 0 aromatic heterocycles. The second kappa shape index (κ2) is 7.42. The van der Waals surface area contributed by atoms with Crippen LogP contribution in [-0.4, -0.2) is 9.41 Å². The van der Waals surface area contributed by atoms with Crippen LogP contribution in [-0.2, 0) is 6.54 Å². The zero-order valence-corrected chi connectivity index (χ0v) is 14.9. The van der Waals surface area contributed by atoms with E-state index in [-0.39, 0.29) is 17.7 Å². The minimum atomic E-state index is -1.04. The average Bonchev–Trinajstić information content (AvgIpc) is 2.60. The van der Waals surface area contributed by atoms with Gasteiger partial charge in [-0.25, -0.2) is 8.78 Å². The number of benzene rings is 2. The summed E-state index contributed by atoms with van der Waals surface area (Å²) in [5, 5.41) is 9.51. The molecule has 1 heterocycles. The second-order valence-electron chi connectivity index (χ2n) is 5.97. The Bertz CT molecular complexity index is 831. The predicted octanol–water partition coefficient (Wildman–Crippen LogP) is 5.43. The minimum absolute atomic E-state index is 0.0234. The summed E-state index contributed by atoms with van der Waals surface area (Å²) in [7, 11) is 0. The van der Waals surface area contributed by atoms with E-state index in [2.05, 4.69) is 0 Å². The molecule has 2 nitrogen and oxygen atoms in total. The van der Waals surface area contributed by atoms with Gasteiger partial charge in [-0.1, -0.05) is 30.3 Å². The van der Waals surface area contributed by atoms with E-state index in [9.17, 15) is 13.9 Å². The number of nitrogens with zero attached hydrogens (tertiary/aromatic N) is 1.